The largest absolute Gasteiger partial charge is 0.309 e. The lowest BCUT2D eigenvalue weighted by Gasteiger charge is -2.34. The number of hydrogen-bond donors (Lipinski definition) is 0. The van der Waals surface area contributed by atoms with Gasteiger partial charge in [-0.05, 0) is 86.3 Å². The minimum absolute atomic E-state index is 0.523. The van der Waals surface area contributed by atoms with Gasteiger partial charge in [-0.15, -0.1) is 0 Å². The Kier molecular flexibility index (Phi) is 8.75. The highest BCUT2D eigenvalue weighted by molar-refractivity contribution is 6.12. The third-order valence-corrected chi connectivity index (χ3v) is 13.7. The lowest BCUT2D eigenvalue weighted by Crippen LogP contribution is -2.28. The highest BCUT2D eigenvalue weighted by Crippen LogP contribution is 2.56. The Bertz CT molecular complexity index is 3760. The van der Waals surface area contributed by atoms with E-state index in [0.717, 1.165) is 44.5 Å². The molecule has 10 aromatic carbocycles. The minimum Gasteiger partial charge on any atom is -0.309 e. The van der Waals surface area contributed by atoms with E-state index in [4.69, 9.17) is 9.97 Å². The van der Waals surface area contributed by atoms with E-state index in [1.165, 1.54) is 66.3 Å². The predicted molar refractivity (Wildman–Crippen MR) is 273 cm³/mol. The SMILES string of the molecule is c1ccc(-c2ccc3c(c2)c2ccccc2n3-c2ccc(-c3cc(-c4ccc5c(c4)C(c4ccccc4)(c4ccccc4)c4ccccc4-5)nc(-c4ccccc4)n3)c3ccccc23)cc1. The molecule has 2 aromatic heterocycles. The van der Waals surface area contributed by atoms with Crippen LogP contribution in [0, 0.1) is 0 Å². The van der Waals surface area contributed by atoms with Gasteiger partial charge in [-0.1, -0.05) is 212 Å². The Morgan fingerprint density at radius 1 is 0.303 bits per heavy atom. The van der Waals surface area contributed by atoms with E-state index in [2.05, 4.69) is 247 Å². The summed E-state index contributed by atoms with van der Waals surface area (Å²) in [6.45, 7) is 0. The molecule has 1 aliphatic carbocycles. The zero-order valence-electron chi connectivity index (χ0n) is 36.0. The van der Waals surface area contributed by atoms with Crippen molar-refractivity contribution in [2.24, 2.45) is 0 Å². The molecular formula is C63H41N3. The van der Waals surface area contributed by atoms with Crippen LogP contribution < -0.4 is 0 Å². The Labute approximate surface area is 383 Å². The summed E-state index contributed by atoms with van der Waals surface area (Å²) >= 11 is 0. The van der Waals surface area contributed by atoms with Crippen LogP contribution in [0.5, 0.6) is 0 Å². The van der Waals surface area contributed by atoms with Crippen LogP contribution in [0.15, 0.2) is 249 Å². The molecule has 0 fully saturated rings. The topological polar surface area (TPSA) is 30.7 Å². The molecule has 0 amide bonds. The standard InChI is InChI=1S/C63H41N3/c1-5-19-42(20-6-1)44-34-37-61-54(39-44)53-30-16-18-32-59(53)66(61)60-38-36-51(48-27-13-14-29-52(48)60)58-41-57(64-62(65-58)43-21-7-2-8-22-43)45-33-35-50-49-28-15-17-31-55(49)63(56(50)40-45,46-23-9-3-10-24-46)47-25-11-4-12-26-47/h1-41H. The molecular weight excluding hydrogens is 799 g/mol. The van der Waals surface area contributed by atoms with E-state index in [1.54, 1.807) is 0 Å². The molecule has 308 valence electrons. The monoisotopic (exact) mass is 839 g/mol. The highest BCUT2D eigenvalue weighted by atomic mass is 15.0. The van der Waals surface area contributed by atoms with Crippen molar-refractivity contribution in [3.63, 3.8) is 0 Å². The fourth-order valence-electron chi connectivity index (χ4n) is 10.8. The van der Waals surface area contributed by atoms with Gasteiger partial charge in [0.25, 0.3) is 0 Å². The number of fused-ring (bicyclic) bond motifs is 7. The van der Waals surface area contributed by atoms with Crippen molar-refractivity contribution in [1.29, 1.82) is 0 Å². The molecule has 0 N–H and O–H groups in total. The number of benzene rings is 10. The molecule has 0 aliphatic heterocycles. The van der Waals surface area contributed by atoms with Crippen molar-refractivity contribution in [2.75, 3.05) is 0 Å². The number of rotatable bonds is 7. The lowest BCUT2D eigenvalue weighted by molar-refractivity contribution is 0.768. The summed E-state index contributed by atoms with van der Waals surface area (Å²) in [5, 5.41) is 4.74. The first-order chi connectivity index (χ1) is 32.7. The van der Waals surface area contributed by atoms with E-state index in [-0.39, 0.29) is 0 Å². The quantitative estimate of drug-likeness (QED) is 0.160. The van der Waals surface area contributed by atoms with Crippen molar-refractivity contribution >= 4 is 32.6 Å². The van der Waals surface area contributed by atoms with Crippen LogP contribution in [0.25, 0.3) is 94.4 Å². The van der Waals surface area contributed by atoms with Crippen molar-refractivity contribution in [2.45, 2.75) is 5.41 Å². The van der Waals surface area contributed by atoms with E-state index < -0.39 is 5.41 Å². The Morgan fingerprint density at radius 2 is 0.848 bits per heavy atom. The second-order valence-corrected chi connectivity index (χ2v) is 17.2. The molecule has 66 heavy (non-hydrogen) atoms. The van der Waals surface area contributed by atoms with E-state index in [1.807, 2.05) is 6.07 Å². The van der Waals surface area contributed by atoms with Crippen LogP contribution in [0.1, 0.15) is 22.3 Å². The van der Waals surface area contributed by atoms with Gasteiger partial charge < -0.3 is 4.57 Å². The molecule has 0 spiro atoms. The van der Waals surface area contributed by atoms with Gasteiger partial charge in [0.05, 0.1) is 33.5 Å². The number of hydrogen-bond acceptors (Lipinski definition) is 2. The van der Waals surface area contributed by atoms with Gasteiger partial charge in [0.2, 0.25) is 0 Å². The maximum atomic E-state index is 5.39. The van der Waals surface area contributed by atoms with Crippen LogP contribution in [0.3, 0.4) is 0 Å². The second-order valence-electron chi connectivity index (χ2n) is 17.2. The van der Waals surface area contributed by atoms with Crippen molar-refractivity contribution in [3.8, 4) is 61.8 Å². The summed E-state index contributed by atoms with van der Waals surface area (Å²) in [7, 11) is 0. The van der Waals surface area contributed by atoms with Crippen LogP contribution in [-0.4, -0.2) is 14.5 Å². The molecule has 3 heteroatoms. The molecule has 13 rings (SSSR count). The fourth-order valence-corrected chi connectivity index (χ4v) is 10.8. The van der Waals surface area contributed by atoms with Crippen molar-refractivity contribution < 1.29 is 0 Å². The van der Waals surface area contributed by atoms with Crippen LogP contribution in [0.4, 0.5) is 0 Å². The van der Waals surface area contributed by atoms with Gasteiger partial charge in [-0.25, -0.2) is 9.97 Å². The summed E-state index contributed by atoms with van der Waals surface area (Å²) in [5.74, 6) is 0.689. The van der Waals surface area contributed by atoms with Gasteiger partial charge >= 0.3 is 0 Å². The molecule has 0 radical (unpaired) electrons. The average molecular weight is 840 g/mol. The summed E-state index contributed by atoms with van der Waals surface area (Å²) in [5.41, 5.74) is 17.7. The summed E-state index contributed by atoms with van der Waals surface area (Å²) in [6, 6.07) is 89.9. The Balaban J connectivity index is 1.02. The molecule has 12 aromatic rings. The third kappa shape index (κ3) is 5.84. The zero-order chi connectivity index (χ0) is 43.6. The zero-order valence-corrected chi connectivity index (χ0v) is 36.0. The van der Waals surface area contributed by atoms with E-state index in [9.17, 15) is 0 Å². The van der Waals surface area contributed by atoms with Gasteiger partial charge in [-0.2, -0.15) is 0 Å². The van der Waals surface area contributed by atoms with E-state index >= 15 is 0 Å². The second kappa shape index (κ2) is 15.3. The molecule has 0 saturated carbocycles. The molecule has 0 bridgehead atoms. The molecule has 2 heterocycles. The molecule has 0 saturated heterocycles. The maximum Gasteiger partial charge on any atom is 0.160 e. The first kappa shape index (κ1) is 37.9. The predicted octanol–water partition coefficient (Wildman–Crippen LogP) is 15.8. The van der Waals surface area contributed by atoms with Crippen LogP contribution in [-0.2, 0) is 5.41 Å². The Morgan fingerprint density at radius 3 is 1.59 bits per heavy atom. The van der Waals surface area contributed by atoms with Gasteiger partial charge in [-0.3, -0.25) is 0 Å². The van der Waals surface area contributed by atoms with Crippen LogP contribution in [0.2, 0.25) is 0 Å². The van der Waals surface area contributed by atoms with Gasteiger partial charge in [0.1, 0.15) is 0 Å². The van der Waals surface area contributed by atoms with Crippen molar-refractivity contribution in [3.05, 3.63) is 271 Å². The molecule has 0 unspecified atom stereocenters. The summed E-state index contributed by atoms with van der Waals surface area (Å²) in [6.07, 6.45) is 0. The number of aromatic nitrogens is 3. The number of nitrogens with zero attached hydrogens (tertiary/aromatic N) is 3. The Hall–Kier alpha value is -8.66. The van der Waals surface area contributed by atoms with E-state index in [0.29, 0.717) is 5.82 Å². The van der Waals surface area contributed by atoms with Crippen LogP contribution >= 0.6 is 0 Å². The molecule has 3 nitrogen and oxygen atoms in total. The maximum absolute atomic E-state index is 5.39. The molecule has 0 atom stereocenters. The van der Waals surface area contributed by atoms with Crippen molar-refractivity contribution in [1.82, 2.24) is 14.5 Å². The first-order valence-corrected chi connectivity index (χ1v) is 22.7. The summed E-state index contributed by atoms with van der Waals surface area (Å²) < 4.78 is 2.43. The highest BCUT2D eigenvalue weighted by Gasteiger charge is 2.46. The van der Waals surface area contributed by atoms with Gasteiger partial charge in [0, 0.05) is 32.8 Å². The molecule has 1 aliphatic rings. The number of para-hydroxylation sites is 1. The first-order valence-electron chi connectivity index (χ1n) is 22.7. The lowest BCUT2D eigenvalue weighted by atomic mass is 9.67. The average Bonchev–Trinajstić information content (AvgIpc) is 3.89. The normalized spacial score (nSPS) is 12.7. The van der Waals surface area contributed by atoms with Gasteiger partial charge in [0.15, 0.2) is 5.82 Å². The fraction of sp³-hybridized carbons (Fsp3) is 0.0159. The summed E-state index contributed by atoms with van der Waals surface area (Å²) in [4.78, 5) is 10.8. The smallest absolute Gasteiger partial charge is 0.160 e. The minimum atomic E-state index is -0.523. The third-order valence-electron chi connectivity index (χ3n) is 13.7.